The lowest BCUT2D eigenvalue weighted by molar-refractivity contribution is -0.212. The summed E-state index contributed by atoms with van der Waals surface area (Å²) in [4.78, 5) is 49.3. The molecule has 0 radical (unpaired) electrons. The van der Waals surface area contributed by atoms with Gasteiger partial charge < -0.3 is 24.3 Å². The molecule has 3 fully saturated rings. The number of hydrogen-bond acceptors (Lipinski definition) is 9. The molecule has 1 aliphatic heterocycles. The lowest BCUT2D eigenvalue weighted by Crippen LogP contribution is -2.51. The Kier molecular flexibility index (Phi) is 7.83. The number of amides is 1. The van der Waals surface area contributed by atoms with Crippen LogP contribution in [0.15, 0.2) is 30.3 Å². The van der Waals surface area contributed by atoms with Crippen molar-refractivity contribution in [2.75, 3.05) is 0 Å². The van der Waals surface area contributed by atoms with Crippen molar-refractivity contribution in [3.8, 4) is 0 Å². The van der Waals surface area contributed by atoms with Gasteiger partial charge in [-0.05, 0) is 12.8 Å². The minimum absolute atomic E-state index is 0.147. The van der Waals surface area contributed by atoms with E-state index in [9.17, 15) is 19.2 Å². The quantitative estimate of drug-likeness (QED) is 0.582. The molecule has 35 heavy (non-hydrogen) atoms. The molecule has 0 bridgehead atoms. The summed E-state index contributed by atoms with van der Waals surface area (Å²) in [5.74, 6) is -2.54. The van der Waals surface area contributed by atoms with Crippen LogP contribution in [-0.2, 0) is 38.1 Å². The Morgan fingerprint density at radius 2 is 1.66 bits per heavy atom. The van der Waals surface area contributed by atoms with Crippen LogP contribution < -0.4 is 5.32 Å². The predicted octanol–water partition coefficient (Wildman–Crippen LogP) is 2.81. The average molecular weight is 506 g/mol. The third-order valence-electron chi connectivity index (χ3n) is 6.52. The van der Waals surface area contributed by atoms with Gasteiger partial charge in [-0.2, -0.15) is 0 Å². The Bertz CT molecular complexity index is 963. The molecule has 2 saturated carbocycles. The van der Waals surface area contributed by atoms with Crippen LogP contribution in [0.25, 0.3) is 0 Å². The second-order valence-corrected chi connectivity index (χ2v) is 10.6. The maximum atomic E-state index is 13.4. The fraction of sp³-hybridized carbons (Fsp3) is 0.600. The van der Waals surface area contributed by atoms with Gasteiger partial charge in [0.25, 0.3) is 0 Å². The molecule has 1 amide bonds. The van der Waals surface area contributed by atoms with Gasteiger partial charge in [0.1, 0.15) is 12.2 Å². The van der Waals surface area contributed by atoms with E-state index in [-0.39, 0.29) is 11.0 Å². The SMILES string of the molecule is CC(=O)N[C@H]1[C@@H](OC(=O)[C@@H](OC(C)=O)c2ccccc2)[C@H]2OC3(CCCCC3)O[C@H]2[C@@H]1SC(C)=O. The second-order valence-electron chi connectivity index (χ2n) is 9.24. The number of carbonyl (C=O) groups is 4. The Hall–Kier alpha value is -2.43. The van der Waals surface area contributed by atoms with Crippen molar-refractivity contribution in [1.29, 1.82) is 0 Å². The smallest absolute Gasteiger partial charge is 0.352 e. The van der Waals surface area contributed by atoms with Crippen molar-refractivity contribution in [2.45, 2.75) is 94.4 Å². The van der Waals surface area contributed by atoms with Crippen LogP contribution in [0.2, 0.25) is 0 Å². The van der Waals surface area contributed by atoms with Gasteiger partial charge in [0.2, 0.25) is 12.0 Å². The van der Waals surface area contributed by atoms with Gasteiger partial charge in [0, 0.05) is 39.2 Å². The predicted molar refractivity (Wildman–Crippen MR) is 126 cm³/mol. The summed E-state index contributed by atoms with van der Waals surface area (Å²) in [5, 5.41) is 2.18. The molecule has 1 N–H and O–H groups in total. The minimum Gasteiger partial charge on any atom is -0.454 e. The fourth-order valence-corrected chi connectivity index (χ4v) is 6.30. The van der Waals surface area contributed by atoms with E-state index in [4.69, 9.17) is 18.9 Å². The molecule has 1 spiro atoms. The highest BCUT2D eigenvalue weighted by atomic mass is 32.2. The molecule has 0 unspecified atom stereocenters. The van der Waals surface area contributed by atoms with E-state index >= 15 is 0 Å². The number of benzene rings is 1. The standard InChI is InChI=1S/C25H31NO8S/c1-14(27)26-18-20(32-24(30)19(31-15(2)28)17-10-6-4-7-11-17)21-22(23(18)35-16(3)29)34-25(33-21)12-8-5-9-13-25/h4,6-7,10-11,18-23H,5,8-9,12-13H2,1-3H3,(H,26,27)/t18-,19-,20+,21+,22+,23+/m0/s1. The molecule has 1 saturated heterocycles. The number of carbonyl (C=O) groups excluding carboxylic acids is 4. The van der Waals surface area contributed by atoms with Crippen LogP contribution in [-0.4, -0.2) is 58.4 Å². The van der Waals surface area contributed by atoms with Crippen LogP contribution in [0.5, 0.6) is 0 Å². The lowest BCUT2D eigenvalue weighted by atomic mass is 9.94. The van der Waals surface area contributed by atoms with Crippen molar-refractivity contribution in [1.82, 2.24) is 5.32 Å². The molecule has 1 heterocycles. The second kappa shape index (κ2) is 10.7. The first-order valence-corrected chi connectivity index (χ1v) is 12.8. The van der Waals surface area contributed by atoms with Gasteiger partial charge in [-0.15, -0.1) is 0 Å². The average Bonchev–Trinajstić information content (AvgIpc) is 3.27. The van der Waals surface area contributed by atoms with Crippen LogP contribution in [0.4, 0.5) is 0 Å². The summed E-state index contributed by atoms with van der Waals surface area (Å²) in [6.45, 7) is 4.02. The zero-order valence-corrected chi connectivity index (χ0v) is 20.9. The van der Waals surface area contributed by atoms with Gasteiger partial charge in [-0.1, -0.05) is 48.5 Å². The third kappa shape index (κ3) is 5.70. The van der Waals surface area contributed by atoms with E-state index in [1.807, 2.05) is 0 Å². The van der Waals surface area contributed by atoms with Crippen LogP contribution in [0.3, 0.4) is 0 Å². The van der Waals surface area contributed by atoms with Gasteiger partial charge in [-0.3, -0.25) is 14.4 Å². The monoisotopic (exact) mass is 505 g/mol. The first-order valence-electron chi connectivity index (χ1n) is 11.9. The van der Waals surface area contributed by atoms with E-state index < -0.39 is 53.4 Å². The molecular weight excluding hydrogens is 474 g/mol. The van der Waals surface area contributed by atoms with Crippen molar-refractivity contribution in [3.05, 3.63) is 35.9 Å². The van der Waals surface area contributed by atoms with E-state index in [2.05, 4.69) is 5.32 Å². The first-order chi connectivity index (χ1) is 16.7. The molecule has 1 aromatic rings. The van der Waals surface area contributed by atoms with Crippen molar-refractivity contribution in [3.63, 3.8) is 0 Å². The minimum atomic E-state index is -1.28. The normalized spacial score (nSPS) is 29.7. The largest absolute Gasteiger partial charge is 0.454 e. The van der Waals surface area contributed by atoms with Crippen molar-refractivity contribution < 1.29 is 38.1 Å². The van der Waals surface area contributed by atoms with Gasteiger partial charge in [0.15, 0.2) is 17.0 Å². The van der Waals surface area contributed by atoms with E-state index in [1.165, 1.54) is 20.8 Å². The summed E-state index contributed by atoms with van der Waals surface area (Å²) < 4.78 is 24.1. The fourth-order valence-electron chi connectivity index (χ4n) is 5.20. The molecule has 1 aromatic carbocycles. The number of nitrogens with one attached hydrogen (secondary N) is 1. The molecule has 2 aliphatic carbocycles. The molecule has 6 atom stereocenters. The molecular formula is C25H31NO8S. The van der Waals surface area contributed by atoms with Gasteiger partial charge in [-0.25, -0.2) is 4.79 Å². The molecule has 9 nitrogen and oxygen atoms in total. The van der Waals surface area contributed by atoms with E-state index in [0.717, 1.165) is 31.0 Å². The number of thioether (sulfide) groups is 1. The number of hydrogen-bond donors (Lipinski definition) is 1. The zero-order chi connectivity index (χ0) is 25.2. The van der Waals surface area contributed by atoms with Crippen LogP contribution in [0, 0.1) is 0 Å². The van der Waals surface area contributed by atoms with Crippen molar-refractivity contribution in [2.24, 2.45) is 0 Å². The Morgan fingerprint density at radius 3 is 2.26 bits per heavy atom. The maximum absolute atomic E-state index is 13.4. The summed E-state index contributed by atoms with van der Waals surface area (Å²) in [6, 6.07) is 7.84. The molecule has 190 valence electrons. The van der Waals surface area contributed by atoms with E-state index in [1.54, 1.807) is 30.3 Å². The molecule has 3 aliphatic rings. The Morgan fingerprint density at radius 1 is 1.00 bits per heavy atom. The molecule has 4 rings (SSSR count). The molecule has 10 heteroatoms. The Labute approximate surface area is 208 Å². The number of esters is 2. The highest BCUT2D eigenvalue weighted by Crippen LogP contribution is 2.49. The highest BCUT2D eigenvalue weighted by molar-refractivity contribution is 8.14. The van der Waals surface area contributed by atoms with Gasteiger partial charge in [0.05, 0.1) is 11.3 Å². The number of ether oxygens (including phenoxy) is 4. The summed E-state index contributed by atoms with van der Waals surface area (Å²) in [5.41, 5.74) is 0.459. The van der Waals surface area contributed by atoms with E-state index in [0.29, 0.717) is 18.4 Å². The first kappa shape index (κ1) is 25.7. The summed E-state index contributed by atoms with van der Waals surface area (Å²) >= 11 is 1.05. The van der Waals surface area contributed by atoms with Crippen LogP contribution >= 0.6 is 11.8 Å². The Balaban J connectivity index is 1.64. The zero-order valence-electron chi connectivity index (χ0n) is 20.1. The maximum Gasteiger partial charge on any atom is 0.352 e. The molecule has 0 aromatic heterocycles. The lowest BCUT2D eigenvalue weighted by Gasteiger charge is -2.36. The highest BCUT2D eigenvalue weighted by Gasteiger charge is 2.63. The summed E-state index contributed by atoms with van der Waals surface area (Å²) in [6.07, 6.45) is 0.959. The summed E-state index contributed by atoms with van der Waals surface area (Å²) in [7, 11) is 0. The number of fused-ring (bicyclic) bond motifs is 1. The van der Waals surface area contributed by atoms with Gasteiger partial charge >= 0.3 is 11.9 Å². The topological polar surface area (TPSA) is 117 Å². The third-order valence-corrected chi connectivity index (χ3v) is 7.69. The van der Waals surface area contributed by atoms with Crippen molar-refractivity contribution >= 4 is 34.7 Å². The van der Waals surface area contributed by atoms with Crippen LogP contribution in [0.1, 0.15) is 64.5 Å². The number of rotatable bonds is 6.